The molecule has 0 saturated heterocycles. The minimum absolute atomic E-state index is 0.0643. The summed E-state index contributed by atoms with van der Waals surface area (Å²) in [6.07, 6.45) is 0.754. The molecule has 0 atom stereocenters. The number of nitrogens with zero attached hydrogens (tertiary/aromatic N) is 2. The van der Waals surface area contributed by atoms with Crippen molar-refractivity contribution in [2.24, 2.45) is 7.05 Å². The second kappa shape index (κ2) is 7.14. The molecule has 8 heteroatoms. The summed E-state index contributed by atoms with van der Waals surface area (Å²) in [6.45, 7) is 2.00. The maximum absolute atomic E-state index is 12.4. The Morgan fingerprint density at radius 2 is 2.07 bits per heavy atom. The molecule has 3 aromatic heterocycles. The van der Waals surface area contributed by atoms with E-state index >= 15 is 0 Å². The predicted octanol–water partition coefficient (Wildman–Crippen LogP) is 4.61. The fraction of sp³-hybridized carbons (Fsp3) is 0.211. The second-order valence-corrected chi connectivity index (χ2v) is 8.33. The van der Waals surface area contributed by atoms with Gasteiger partial charge < -0.3 is 4.42 Å². The summed E-state index contributed by atoms with van der Waals surface area (Å²) in [4.78, 5) is 29.0. The van der Waals surface area contributed by atoms with Gasteiger partial charge in [0, 0.05) is 29.3 Å². The molecule has 0 radical (unpaired) electrons. The Bertz CT molecular complexity index is 1290. The number of halogens is 1. The molecule has 0 spiro atoms. The van der Waals surface area contributed by atoms with E-state index in [1.165, 1.54) is 29.2 Å². The van der Waals surface area contributed by atoms with Gasteiger partial charge in [-0.3, -0.25) is 9.36 Å². The monoisotopic (exact) mass is 418 g/mol. The van der Waals surface area contributed by atoms with E-state index in [1.807, 2.05) is 30.5 Å². The highest BCUT2D eigenvalue weighted by atomic mass is 35.5. The highest BCUT2D eigenvalue weighted by molar-refractivity contribution is 7.98. The second-order valence-electron chi connectivity index (χ2n) is 6.07. The molecule has 27 heavy (non-hydrogen) atoms. The van der Waals surface area contributed by atoms with Crippen LogP contribution < -0.4 is 11.2 Å². The first-order valence-electron chi connectivity index (χ1n) is 8.30. The van der Waals surface area contributed by atoms with Crippen molar-refractivity contribution in [3.05, 3.63) is 66.6 Å². The molecule has 0 aliphatic rings. The zero-order valence-corrected chi connectivity index (χ0v) is 17.0. The molecule has 0 amide bonds. The van der Waals surface area contributed by atoms with Crippen molar-refractivity contribution in [1.29, 1.82) is 0 Å². The van der Waals surface area contributed by atoms with Crippen LogP contribution >= 0.6 is 34.7 Å². The first-order valence-corrected chi connectivity index (χ1v) is 10.5. The molecule has 0 fully saturated rings. The number of aryl methyl sites for hydroxylation is 1. The van der Waals surface area contributed by atoms with E-state index in [-0.39, 0.29) is 5.56 Å². The lowest BCUT2D eigenvalue weighted by Crippen LogP contribution is -2.18. The molecular formula is C19H15ClN2O3S2. The molecule has 1 aromatic carbocycles. The topological polar surface area (TPSA) is 65.1 Å². The summed E-state index contributed by atoms with van der Waals surface area (Å²) in [5, 5.41) is 3.90. The molecule has 0 aliphatic carbocycles. The van der Waals surface area contributed by atoms with Gasteiger partial charge in [0.2, 0.25) is 0 Å². The molecule has 3 heterocycles. The number of aromatic nitrogens is 2. The fourth-order valence-electron chi connectivity index (χ4n) is 2.92. The van der Waals surface area contributed by atoms with Crippen LogP contribution in [0.15, 0.2) is 48.8 Å². The van der Waals surface area contributed by atoms with Crippen LogP contribution in [0.1, 0.15) is 18.1 Å². The maximum atomic E-state index is 12.4. The summed E-state index contributed by atoms with van der Waals surface area (Å²) in [5.41, 5.74) is 2.48. The number of hydrogen-bond acceptors (Lipinski definition) is 6. The lowest BCUT2D eigenvalue weighted by molar-refractivity contribution is 0.559. The maximum Gasteiger partial charge on any atom is 0.336 e. The number of fused-ring (bicyclic) bond motifs is 2. The highest BCUT2D eigenvalue weighted by Gasteiger charge is 2.13. The number of rotatable bonds is 4. The van der Waals surface area contributed by atoms with Crippen LogP contribution in [0.2, 0.25) is 5.02 Å². The number of benzene rings is 1. The van der Waals surface area contributed by atoms with E-state index in [4.69, 9.17) is 16.0 Å². The van der Waals surface area contributed by atoms with E-state index in [1.54, 1.807) is 11.6 Å². The van der Waals surface area contributed by atoms with Crippen LogP contribution in [0.5, 0.6) is 0 Å². The van der Waals surface area contributed by atoms with Crippen molar-refractivity contribution in [2.75, 3.05) is 0 Å². The van der Waals surface area contributed by atoms with Gasteiger partial charge in [-0.2, -0.15) is 0 Å². The van der Waals surface area contributed by atoms with Gasteiger partial charge in [0.15, 0.2) is 5.16 Å². The Labute approximate surface area is 167 Å². The average molecular weight is 419 g/mol. The molecule has 0 N–H and O–H groups in total. The Morgan fingerprint density at radius 1 is 1.26 bits per heavy atom. The molecule has 0 unspecified atom stereocenters. The van der Waals surface area contributed by atoms with Gasteiger partial charge in [0.05, 0.1) is 5.52 Å². The van der Waals surface area contributed by atoms with Gasteiger partial charge in [-0.1, -0.05) is 30.3 Å². The van der Waals surface area contributed by atoms with Crippen molar-refractivity contribution in [3.8, 4) is 0 Å². The summed E-state index contributed by atoms with van der Waals surface area (Å²) >= 11 is 9.14. The minimum atomic E-state index is -0.405. The van der Waals surface area contributed by atoms with Crippen molar-refractivity contribution in [2.45, 2.75) is 24.3 Å². The molecule has 0 saturated carbocycles. The summed E-state index contributed by atoms with van der Waals surface area (Å²) in [6, 6.07) is 6.96. The lowest BCUT2D eigenvalue weighted by atomic mass is 10.1. The standard InChI is InChI=1S/C19H15ClN2O3S2/c1-3-10-6-15-12(8-13(10)20)11(7-16(23)25-15)9-27-19-21-14-4-5-26-17(14)18(24)22(19)2/h4-8H,3,9H2,1-2H3. The van der Waals surface area contributed by atoms with Crippen LogP contribution in [-0.4, -0.2) is 9.55 Å². The van der Waals surface area contributed by atoms with Crippen LogP contribution in [0.4, 0.5) is 0 Å². The largest absolute Gasteiger partial charge is 0.423 e. The van der Waals surface area contributed by atoms with Gasteiger partial charge in [-0.15, -0.1) is 11.3 Å². The molecule has 4 aromatic rings. The van der Waals surface area contributed by atoms with Crippen LogP contribution in [0.3, 0.4) is 0 Å². The smallest absolute Gasteiger partial charge is 0.336 e. The van der Waals surface area contributed by atoms with Gasteiger partial charge in [-0.05, 0) is 41.1 Å². The van der Waals surface area contributed by atoms with Crippen LogP contribution in [0, 0.1) is 0 Å². The number of thiophene rings is 1. The van der Waals surface area contributed by atoms with E-state index < -0.39 is 5.63 Å². The minimum Gasteiger partial charge on any atom is -0.423 e. The average Bonchev–Trinajstić information content (AvgIpc) is 3.12. The first kappa shape index (κ1) is 18.3. The van der Waals surface area contributed by atoms with E-state index in [9.17, 15) is 9.59 Å². The Balaban J connectivity index is 1.76. The van der Waals surface area contributed by atoms with Crippen molar-refractivity contribution >= 4 is 55.9 Å². The third-order valence-corrected chi connectivity index (χ3v) is 6.70. The highest BCUT2D eigenvalue weighted by Crippen LogP contribution is 2.30. The molecular weight excluding hydrogens is 404 g/mol. The van der Waals surface area contributed by atoms with Gasteiger partial charge in [-0.25, -0.2) is 9.78 Å². The third-order valence-electron chi connectivity index (χ3n) is 4.38. The first-order chi connectivity index (χ1) is 13.0. The Hall–Kier alpha value is -2.09. The molecule has 0 bridgehead atoms. The van der Waals surface area contributed by atoms with Crippen LogP contribution in [0.25, 0.3) is 21.2 Å². The number of thioether (sulfide) groups is 1. The van der Waals surface area contributed by atoms with Crippen molar-refractivity contribution < 1.29 is 4.42 Å². The van der Waals surface area contributed by atoms with Gasteiger partial charge in [0.25, 0.3) is 5.56 Å². The zero-order valence-electron chi connectivity index (χ0n) is 14.6. The lowest BCUT2D eigenvalue weighted by Gasteiger charge is -2.10. The van der Waals surface area contributed by atoms with Crippen LogP contribution in [-0.2, 0) is 19.2 Å². The normalized spacial score (nSPS) is 11.5. The third kappa shape index (κ3) is 3.31. The SMILES string of the molecule is CCc1cc2oc(=O)cc(CSc3nc4ccsc4c(=O)n3C)c2cc1Cl. The van der Waals surface area contributed by atoms with Crippen molar-refractivity contribution in [3.63, 3.8) is 0 Å². The van der Waals surface area contributed by atoms with E-state index in [0.29, 0.717) is 31.7 Å². The summed E-state index contributed by atoms with van der Waals surface area (Å²) in [7, 11) is 1.71. The molecule has 138 valence electrons. The summed E-state index contributed by atoms with van der Waals surface area (Å²) < 4.78 is 7.53. The van der Waals surface area contributed by atoms with E-state index in [0.717, 1.165) is 22.9 Å². The molecule has 0 aliphatic heterocycles. The Morgan fingerprint density at radius 3 is 2.85 bits per heavy atom. The molecule has 4 rings (SSSR count). The Kier molecular flexibility index (Phi) is 4.84. The number of hydrogen-bond donors (Lipinski definition) is 0. The van der Waals surface area contributed by atoms with E-state index in [2.05, 4.69) is 4.98 Å². The quantitative estimate of drug-likeness (QED) is 0.275. The van der Waals surface area contributed by atoms with Crippen molar-refractivity contribution in [1.82, 2.24) is 9.55 Å². The van der Waals surface area contributed by atoms with Gasteiger partial charge >= 0.3 is 5.63 Å². The molecule has 5 nitrogen and oxygen atoms in total. The summed E-state index contributed by atoms with van der Waals surface area (Å²) in [5.74, 6) is 0.472. The fourth-order valence-corrected chi connectivity index (χ4v) is 4.98. The zero-order chi connectivity index (χ0) is 19.1. The van der Waals surface area contributed by atoms with Gasteiger partial charge in [0.1, 0.15) is 10.3 Å². The predicted molar refractivity (Wildman–Crippen MR) is 111 cm³/mol.